The summed E-state index contributed by atoms with van der Waals surface area (Å²) in [7, 11) is 0. The van der Waals surface area contributed by atoms with Gasteiger partial charge in [0.1, 0.15) is 18.3 Å². The van der Waals surface area contributed by atoms with Gasteiger partial charge in [0.15, 0.2) is 5.78 Å². The van der Waals surface area contributed by atoms with Gasteiger partial charge < -0.3 is 14.8 Å². The average Bonchev–Trinajstić information content (AvgIpc) is 2.78. The average molecular weight is 434 g/mol. The molecule has 2 aliphatic rings. The maximum atomic E-state index is 13.4. The van der Waals surface area contributed by atoms with Crippen LogP contribution in [0.15, 0.2) is 65.9 Å². The molecule has 32 heavy (non-hydrogen) atoms. The molecule has 1 heterocycles. The molecule has 6 nitrogen and oxygen atoms in total. The molecule has 2 aromatic carbocycles. The summed E-state index contributed by atoms with van der Waals surface area (Å²) < 4.78 is 11.0. The molecule has 1 aliphatic heterocycles. The van der Waals surface area contributed by atoms with Crippen LogP contribution >= 0.6 is 0 Å². The van der Waals surface area contributed by atoms with Crippen molar-refractivity contribution in [3.63, 3.8) is 0 Å². The zero-order valence-electron chi connectivity index (χ0n) is 18.3. The lowest BCUT2D eigenvalue weighted by atomic mass is 9.70. The summed E-state index contributed by atoms with van der Waals surface area (Å²) in [4.78, 5) is 38.2. The Morgan fingerprint density at radius 1 is 1.03 bits per heavy atom. The molecule has 0 saturated carbocycles. The van der Waals surface area contributed by atoms with Crippen molar-refractivity contribution in [3.05, 3.63) is 77.0 Å². The van der Waals surface area contributed by atoms with Gasteiger partial charge in [0.05, 0.1) is 6.61 Å². The topological polar surface area (TPSA) is 81.7 Å². The summed E-state index contributed by atoms with van der Waals surface area (Å²) in [6.07, 6.45) is 0.629. The first-order chi connectivity index (χ1) is 15.5. The number of hydrogen-bond acceptors (Lipinski definition) is 5. The number of hydrogen-bond donors (Lipinski definition) is 1. The number of ether oxygens (including phenoxy) is 2. The first-order valence-corrected chi connectivity index (χ1v) is 11.0. The van der Waals surface area contributed by atoms with Crippen molar-refractivity contribution in [3.8, 4) is 5.75 Å². The van der Waals surface area contributed by atoms with E-state index < -0.39 is 11.9 Å². The van der Waals surface area contributed by atoms with E-state index in [1.165, 1.54) is 0 Å². The van der Waals surface area contributed by atoms with Crippen LogP contribution < -0.4 is 10.1 Å². The Hall–Kier alpha value is -3.41. The predicted molar refractivity (Wildman–Crippen MR) is 119 cm³/mol. The number of amides is 1. The molecule has 0 spiro atoms. The Balaban J connectivity index is 1.57. The van der Waals surface area contributed by atoms with Crippen molar-refractivity contribution in [2.75, 3.05) is 6.61 Å². The molecule has 0 saturated heterocycles. The smallest absolute Gasteiger partial charge is 0.317 e. The number of benzene rings is 2. The number of rotatable bonds is 6. The molecular weight excluding hydrogens is 406 g/mol. The Morgan fingerprint density at radius 2 is 1.75 bits per heavy atom. The fourth-order valence-electron chi connectivity index (χ4n) is 4.52. The number of nitrogens with one attached hydrogen (secondary N) is 1. The fraction of sp³-hybridized carbons (Fsp3) is 0.346. The van der Waals surface area contributed by atoms with Gasteiger partial charge in [0.25, 0.3) is 0 Å². The highest BCUT2D eigenvalue weighted by molar-refractivity contribution is 6.11. The van der Waals surface area contributed by atoms with Crippen LogP contribution in [-0.4, -0.2) is 24.3 Å². The van der Waals surface area contributed by atoms with Crippen molar-refractivity contribution < 1.29 is 23.9 Å². The van der Waals surface area contributed by atoms with Crippen molar-refractivity contribution in [1.29, 1.82) is 0 Å². The fourth-order valence-corrected chi connectivity index (χ4v) is 4.52. The molecule has 0 radical (unpaired) electrons. The summed E-state index contributed by atoms with van der Waals surface area (Å²) in [5.74, 6) is -1.59. The number of ketones is 1. The first-order valence-electron chi connectivity index (χ1n) is 11.0. The number of carbonyl (C=O) groups excluding carboxylic acids is 3. The van der Waals surface area contributed by atoms with E-state index >= 15 is 0 Å². The predicted octanol–water partition coefficient (Wildman–Crippen LogP) is 3.91. The Bertz CT molecular complexity index is 1040. The number of allylic oxidation sites excluding steroid dienone is 2. The Morgan fingerprint density at radius 3 is 2.44 bits per heavy atom. The van der Waals surface area contributed by atoms with Gasteiger partial charge in [-0.2, -0.15) is 0 Å². The molecule has 3 unspecified atom stereocenters. The molecular formula is C26H27NO5. The van der Waals surface area contributed by atoms with E-state index in [2.05, 4.69) is 5.32 Å². The zero-order chi connectivity index (χ0) is 22.7. The van der Waals surface area contributed by atoms with Gasteiger partial charge in [-0.05, 0) is 42.5 Å². The lowest BCUT2D eigenvalue weighted by Gasteiger charge is -2.36. The lowest BCUT2D eigenvalue weighted by molar-refractivity contribution is -0.153. The van der Waals surface area contributed by atoms with Gasteiger partial charge in [-0.3, -0.25) is 14.4 Å². The molecule has 0 aromatic heterocycles. The minimum atomic E-state index is -0.834. The van der Waals surface area contributed by atoms with Gasteiger partial charge in [-0.1, -0.05) is 49.4 Å². The third kappa shape index (κ3) is 4.44. The second kappa shape index (κ2) is 9.39. The number of Topliss-reactive ketones (excluding diaryl/α,β-unsaturated/α-hetero) is 1. The molecule has 2 aromatic rings. The Labute approximate surface area is 187 Å². The van der Waals surface area contributed by atoms with Crippen LogP contribution in [0, 0.1) is 11.8 Å². The minimum absolute atomic E-state index is 0.118. The van der Waals surface area contributed by atoms with Crippen LogP contribution in [0.3, 0.4) is 0 Å². The van der Waals surface area contributed by atoms with Crippen molar-refractivity contribution in [2.45, 2.75) is 39.2 Å². The van der Waals surface area contributed by atoms with E-state index in [-0.39, 0.29) is 36.6 Å². The van der Waals surface area contributed by atoms with E-state index in [0.717, 1.165) is 11.1 Å². The molecule has 0 fully saturated rings. The standard InChI is InChI=1S/C26H27NO5/c1-3-31-26(30)23-16(2)13-21-24(25(23)29)20(14-22(28)27-21)18-9-11-19(12-10-18)32-15-17-7-5-4-6-8-17/h4-12,16,20,23H,3,13-15H2,1-2H3,(H,27,28). The van der Waals surface area contributed by atoms with Crippen LogP contribution in [0.4, 0.5) is 0 Å². The van der Waals surface area contributed by atoms with Gasteiger partial charge in [-0.15, -0.1) is 0 Å². The van der Waals surface area contributed by atoms with Crippen LogP contribution in [0.2, 0.25) is 0 Å². The van der Waals surface area contributed by atoms with Gasteiger partial charge in [-0.25, -0.2) is 0 Å². The SMILES string of the molecule is CCOC(=O)C1C(=O)C2=C(CC1C)NC(=O)CC2c1ccc(OCc2ccccc2)cc1. The largest absolute Gasteiger partial charge is 0.489 e. The van der Waals surface area contributed by atoms with Gasteiger partial charge in [0.2, 0.25) is 5.91 Å². The second-order valence-electron chi connectivity index (χ2n) is 8.32. The summed E-state index contributed by atoms with van der Waals surface area (Å²) >= 11 is 0. The summed E-state index contributed by atoms with van der Waals surface area (Å²) in [6, 6.07) is 17.4. The molecule has 3 atom stereocenters. The summed E-state index contributed by atoms with van der Waals surface area (Å²) in [5.41, 5.74) is 3.08. The highest BCUT2D eigenvalue weighted by atomic mass is 16.5. The van der Waals surface area contributed by atoms with E-state index in [1.54, 1.807) is 6.92 Å². The molecule has 1 N–H and O–H groups in total. The number of esters is 1. The van der Waals surface area contributed by atoms with Crippen LogP contribution in [0.25, 0.3) is 0 Å². The highest BCUT2D eigenvalue weighted by Gasteiger charge is 2.45. The molecule has 1 aliphatic carbocycles. The van der Waals surface area contributed by atoms with Crippen LogP contribution in [-0.2, 0) is 25.7 Å². The van der Waals surface area contributed by atoms with Crippen molar-refractivity contribution in [2.24, 2.45) is 11.8 Å². The quantitative estimate of drug-likeness (QED) is 0.552. The monoisotopic (exact) mass is 433 g/mol. The Kier molecular flexibility index (Phi) is 6.40. The van der Waals surface area contributed by atoms with Gasteiger partial charge in [0, 0.05) is 23.6 Å². The highest BCUT2D eigenvalue weighted by Crippen LogP contribution is 2.42. The normalized spacial score (nSPS) is 22.8. The van der Waals surface area contributed by atoms with Gasteiger partial charge >= 0.3 is 5.97 Å². The van der Waals surface area contributed by atoms with E-state index in [9.17, 15) is 14.4 Å². The zero-order valence-corrected chi connectivity index (χ0v) is 18.3. The second-order valence-corrected chi connectivity index (χ2v) is 8.32. The minimum Gasteiger partial charge on any atom is -0.489 e. The molecule has 166 valence electrons. The van der Waals surface area contributed by atoms with E-state index in [4.69, 9.17) is 9.47 Å². The first kappa shape index (κ1) is 21.8. The molecule has 4 rings (SSSR count). The summed E-state index contributed by atoms with van der Waals surface area (Å²) in [5, 5.41) is 2.86. The summed E-state index contributed by atoms with van der Waals surface area (Å²) in [6.45, 7) is 4.26. The van der Waals surface area contributed by atoms with Crippen molar-refractivity contribution >= 4 is 17.7 Å². The van der Waals surface area contributed by atoms with Crippen LogP contribution in [0.1, 0.15) is 43.7 Å². The van der Waals surface area contributed by atoms with E-state index in [1.807, 2.05) is 61.5 Å². The third-order valence-corrected chi connectivity index (χ3v) is 6.07. The van der Waals surface area contributed by atoms with Crippen molar-refractivity contribution in [1.82, 2.24) is 5.32 Å². The maximum Gasteiger partial charge on any atom is 0.317 e. The molecule has 6 heteroatoms. The number of carbonyl (C=O) groups is 3. The van der Waals surface area contributed by atoms with E-state index in [0.29, 0.717) is 30.0 Å². The molecule has 0 bridgehead atoms. The molecule has 1 amide bonds. The maximum absolute atomic E-state index is 13.4. The lowest BCUT2D eigenvalue weighted by Crippen LogP contribution is -2.44. The van der Waals surface area contributed by atoms with Crippen LogP contribution in [0.5, 0.6) is 5.75 Å². The third-order valence-electron chi connectivity index (χ3n) is 6.07.